The zero-order valence-electron chi connectivity index (χ0n) is 9.53. The molecular weight excluding hydrogens is 309 g/mol. The van der Waals surface area contributed by atoms with Crippen LogP contribution in [0.25, 0.3) is 11.3 Å². The number of hydrogen-bond acceptors (Lipinski definition) is 2. The molecule has 0 atom stereocenters. The minimum Gasteiger partial charge on any atom is -0.481 e. The maximum absolute atomic E-state index is 10.8. The maximum atomic E-state index is 10.8. The van der Waals surface area contributed by atoms with Crippen LogP contribution in [0, 0.1) is 0 Å². The van der Waals surface area contributed by atoms with Crippen molar-refractivity contribution in [2.75, 3.05) is 0 Å². The molecule has 0 saturated heterocycles. The van der Waals surface area contributed by atoms with E-state index in [4.69, 9.17) is 39.9 Å². The number of benzene rings is 1. The molecule has 2 aromatic rings. The molecule has 0 aliphatic heterocycles. The first-order valence-corrected chi connectivity index (χ1v) is 6.43. The second kappa shape index (κ2) is 5.78. The lowest BCUT2D eigenvalue weighted by Crippen LogP contribution is -2.02. The zero-order chi connectivity index (χ0) is 14.0. The van der Waals surface area contributed by atoms with E-state index in [2.05, 4.69) is 4.98 Å². The molecule has 0 saturated carbocycles. The summed E-state index contributed by atoms with van der Waals surface area (Å²) in [6.07, 6.45) is 1.32. The molecule has 6 heteroatoms. The molecule has 19 heavy (non-hydrogen) atoms. The van der Waals surface area contributed by atoms with Gasteiger partial charge in [0.15, 0.2) is 0 Å². The monoisotopic (exact) mass is 315 g/mol. The second-order valence-corrected chi connectivity index (χ2v) is 4.97. The number of halogens is 3. The maximum Gasteiger partial charge on any atom is 0.307 e. The topological polar surface area (TPSA) is 50.2 Å². The van der Waals surface area contributed by atoms with Crippen molar-refractivity contribution in [1.82, 2.24) is 4.98 Å². The third kappa shape index (κ3) is 3.00. The summed E-state index contributed by atoms with van der Waals surface area (Å²) in [7, 11) is 0. The van der Waals surface area contributed by atoms with Crippen LogP contribution in [-0.4, -0.2) is 16.1 Å². The first-order valence-electron chi connectivity index (χ1n) is 5.30. The molecule has 0 fully saturated rings. The Balaban J connectivity index is 2.57. The Morgan fingerprint density at radius 3 is 2.58 bits per heavy atom. The van der Waals surface area contributed by atoms with Crippen molar-refractivity contribution in [3.63, 3.8) is 0 Å². The molecule has 98 valence electrons. The minimum atomic E-state index is -0.962. The van der Waals surface area contributed by atoms with Gasteiger partial charge in [0, 0.05) is 11.8 Å². The Morgan fingerprint density at radius 2 is 1.89 bits per heavy atom. The molecule has 0 spiro atoms. The summed E-state index contributed by atoms with van der Waals surface area (Å²) in [5.74, 6) is -0.962. The van der Waals surface area contributed by atoms with Crippen molar-refractivity contribution >= 4 is 40.8 Å². The summed E-state index contributed by atoms with van der Waals surface area (Å²) in [4.78, 5) is 14.9. The third-order valence-corrected chi connectivity index (χ3v) is 3.76. The minimum absolute atomic E-state index is 0.174. The standard InChI is InChI=1S/C13H8Cl3NO2/c14-9-3-1-2-8(12(9)16)13-11(15)7(4-5-17-13)6-10(18)19/h1-5H,6H2,(H,18,19). The molecule has 1 N–H and O–H groups in total. The van der Waals surface area contributed by atoms with Gasteiger partial charge in [0.05, 0.1) is 27.2 Å². The van der Waals surface area contributed by atoms with E-state index in [1.165, 1.54) is 6.20 Å². The summed E-state index contributed by atoms with van der Waals surface area (Å²) in [6, 6.07) is 6.68. The highest BCUT2D eigenvalue weighted by atomic mass is 35.5. The van der Waals surface area contributed by atoms with Gasteiger partial charge in [-0.1, -0.05) is 46.9 Å². The highest BCUT2D eigenvalue weighted by Gasteiger charge is 2.15. The molecule has 0 unspecified atom stereocenters. The lowest BCUT2D eigenvalue weighted by atomic mass is 10.1. The molecule has 3 nitrogen and oxygen atoms in total. The van der Waals surface area contributed by atoms with Crippen LogP contribution in [0.4, 0.5) is 0 Å². The molecular formula is C13H8Cl3NO2. The second-order valence-electron chi connectivity index (χ2n) is 3.80. The van der Waals surface area contributed by atoms with Crippen LogP contribution in [0.5, 0.6) is 0 Å². The molecule has 0 amide bonds. The van der Waals surface area contributed by atoms with Gasteiger partial charge in [0.1, 0.15) is 0 Å². The molecule has 1 aromatic heterocycles. The van der Waals surface area contributed by atoms with E-state index >= 15 is 0 Å². The Kier molecular flexibility index (Phi) is 4.30. The van der Waals surface area contributed by atoms with Crippen LogP contribution in [0.15, 0.2) is 30.5 Å². The van der Waals surface area contributed by atoms with Gasteiger partial charge in [-0.3, -0.25) is 9.78 Å². The Hall–Kier alpha value is -1.29. The Labute approximate surface area is 124 Å². The number of carboxylic acid groups (broad SMARTS) is 1. The highest BCUT2D eigenvalue weighted by molar-refractivity contribution is 6.44. The van der Waals surface area contributed by atoms with Gasteiger partial charge in [-0.15, -0.1) is 0 Å². The molecule has 0 aliphatic rings. The quantitative estimate of drug-likeness (QED) is 0.916. The number of nitrogens with zero attached hydrogens (tertiary/aromatic N) is 1. The van der Waals surface area contributed by atoms with Crippen molar-refractivity contribution in [2.45, 2.75) is 6.42 Å². The van der Waals surface area contributed by atoms with Crippen LogP contribution >= 0.6 is 34.8 Å². The first-order chi connectivity index (χ1) is 9.00. The molecule has 0 aliphatic carbocycles. The fourth-order valence-corrected chi connectivity index (χ4v) is 2.33. The predicted molar refractivity (Wildman–Crippen MR) is 76.0 cm³/mol. The first kappa shape index (κ1) is 14.1. The average molecular weight is 317 g/mol. The lowest BCUT2D eigenvalue weighted by molar-refractivity contribution is -0.136. The van der Waals surface area contributed by atoms with Gasteiger partial charge in [-0.25, -0.2) is 0 Å². The summed E-state index contributed by atoms with van der Waals surface area (Å²) in [5.41, 5.74) is 1.48. The van der Waals surface area contributed by atoms with Gasteiger partial charge in [-0.05, 0) is 17.7 Å². The van der Waals surface area contributed by atoms with Gasteiger partial charge >= 0.3 is 5.97 Å². The van der Waals surface area contributed by atoms with Crippen LogP contribution in [0.3, 0.4) is 0 Å². The number of pyridine rings is 1. The Morgan fingerprint density at radius 1 is 1.16 bits per heavy atom. The normalized spacial score (nSPS) is 10.5. The average Bonchev–Trinajstić information content (AvgIpc) is 2.35. The molecule has 2 rings (SSSR count). The highest BCUT2D eigenvalue weighted by Crippen LogP contribution is 2.36. The van der Waals surface area contributed by atoms with E-state index in [0.717, 1.165) is 0 Å². The SMILES string of the molecule is O=C(O)Cc1ccnc(-c2cccc(Cl)c2Cl)c1Cl. The van der Waals surface area contributed by atoms with Crippen molar-refractivity contribution in [3.05, 3.63) is 51.1 Å². The number of carboxylic acids is 1. The zero-order valence-corrected chi connectivity index (χ0v) is 11.8. The van der Waals surface area contributed by atoms with Crippen LogP contribution in [0.1, 0.15) is 5.56 Å². The molecule has 0 bridgehead atoms. The van der Waals surface area contributed by atoms with E-state index in [0.29, 0.717) is 26.9 Å². The smallest absolute Gasteiger partial charge is 0.307 e. The van der Waals surface area contributed by atoms with Crippen LogP contribution < -0.4 is 0 Å². The van der Waals surface area contributed by atoms with Crippen LogP contribution in [-0.2, 0) is 11.2 Å². The van der Waals surface area contributed by atoms with E-state index in [1.807, 2.05) is 0 Å². The van der Waals surface area contributed by atoms with E-state index in [1.54, 1.807) is 24.3 Å². The van der Waals surface area contributed by atoms with E-state index < -0.39 is 5.97 Å². The van der Waals surface area contributed by atoms with E-state index in [9.17, 15) is 4.79 Å². The summed E-state index contributed by atoms with van der Waals surface area (Å²) in [6.45, 7) is 0. The van der Waals surface area contributed by atoms with Crippen molar-refractivity contribution in [1.29, 1.82) is 0 Å². The summed E-state index contributed by atoms with van der Waals surface area (Å²) in [5, 5.41) is 9.83. The number of aromatic nitrogens is 1. The van der Waals surface area contributed by atoms with Gasteiger partial charge in [-0.2, -0.15) is 0 Å². The Bertz CT molecular complexity index is 644. The lowest BCUT2D eigenvalue weighted by Gasteiger charge is -2.09. The number of rotatable bonds is 3. The predicted octanol–water partition coefficient (Wildman–Crippen LogP) is 4.34. The summed E-state index contributed by atoms with van der Waals surface area (Å²) < 4.78 is 0. The third-order valence-electron chi connectivity index (χ3n) is 2.52. The fourth-order valence-electron chi connectivity index (χ4n) is 1.66. The van der Waals surface area contributed by atoms with Crippen molar-refractivity contribution < 1.29 is 9.90 Å². The van der Waals surface area contributed by atoms with Crippen LogP contribution in [0.2, 0.25) is 15.1 Å². The van der Waals surface area contributed by atoms with Gasteiger partial charge in [0.2, 0.25) is 0 Å². The van der Waals surface area contributed by atoms with Crippen molar-refractivity contribution in [3.8, 4) is 11.3 Å². The molecule has 0 radical (unpaired) electrons. The fraction of sp³-hybridized carbons (Fsp3) is 0.0769. The molecule has 1 aromatic carbocycles. The number of aliphatic carboxylic acids is 1. The van der Waals surface area contributed by atoms with Gasteiger partial charge < -0.3 is 5.11 Å². The molecule has 1 heterocycles. The van der Waals surface area contributed by atoms with Gasteiger partial charge in [0.25, 0.3) is 0 Å². The number of carbonyl (C=O) groups is 1. The largest absolute Gasteiger partial charge is 0.481 e. The van der Waals surface area contributed by atoms with Crippen molar-refractivity contribution in [2.24, 2.45) is 0 Å². The number of hydrogen-bond donors (Lipinski definition) is 1. The summed E-state index contributed by atoms with van der Waals surface area (Å²) >= 11 is 18.2. The van der Waals surface area contributed by atoms with E-state index in [-0.39, 0.29) is 11.4 Å².